The number of carbonyl (C=O) groups is 2. The number of fused-ring (bicyclic) bond motifs is 2. The molecule has 2 aliphatic heterocycles. The number of pyridine rings is 1. The fourth-order valence-corrected chi connectivity index (χ4v) is 4.65. The number of ether oxygens (including phenoxy) is 3. The quantitative estimate of drug-likeness (QED) is 0.378. The Balaban J connectivity index is 1.48. The van der Waals surface area contributed by atoms with Crippen LogP contribution in [0.15, 0.2) is 76.5 Å². The number of benzene rings is 2. The number of hydrogen-bond acceptors (Lipinski definition) is 8. The molecule has 0 aliphatic carbocycles. The van der Waals surface area contributed by atoms with Gasteiger partial charge >= 0.3 is 0 Å². The van der Waals surface area contributed by atoms with Crippen molar-refractivity contribution in [3.63, 3.8) is 0 Å². The SMILES string of the molecule is COc1cc(Cl)cc2cc(C(=O)C3=C(O)C(=O)N(c4ccc5c(c4)OCO5)C3c3ccccn3)oc12. The monoisotopic (exact) mass is 504 g/mol. The maximum absolute atomic E-state index is 13.8. The number of Topliss-reactive ketones (excluding diaryl/α,β-unsaturated/α-hetero) is 1. The number of aliphatic hydroxyl groups excluding tert-OH is 1. The molecule has 1 N–H and O–H groups in total. The normalized spacial score (nSPS) is 16.8. The minimum Gasteiger partial charge on any atom is -0.503 e. The van der Waals surface area contributed by atoms with Gasteiger partial charge in [0.25, 0.3) is 5.91 Å². The van der Waals surface area contributed by atoms with E-state index in [-0.39, 0.29) is 18.1 Å². The van der Waals surface area contributed by atoms with Crippen LogP contribution in [0.3, 0.4) is 0 Å². The highest BCUT2D eigenvalue weighted by Crippen LogP contribution is 2.45. The van der Waals surface area contributed by atoms with Gasteiger partial charge < -0.3 is 23.7 Å². The molecule has 0 radical (unpaired) electrons. The van der Waals surface area contributed by atoms with Gasteiger partial charge in [0.15, 0.2) is 34.4 Å². The lowest BCUT2D eigenvalue weighted by Gasteiger charge is -2.26. The van der Waals surface area contributed by atoms with Crippen LogP contribution in [0.5, 0.6) is 17.2 Å². The average Bonchev–Trinajstić information content (AvgIpc) is 3.60. The first-order valence-electron chi connectivity index (χ1n) is 10.9. The van der Waals surface area contributed by atoms with Gasteiger partial charge in [0.2, 0.25) is 12.6 Å². The Hall–Kier alpha value is -4.50. The molecule has 9 nitrogen and oxygen atoms in total. The topological polar surface area (TPSA) is 111 Å². The molecule has 4 heterocycles. The zero-order valence-corrected chi connectivity index (χ0v) is 19.5. The Morgan fingerprint density at radius 2 is 1.97 bits per heavy atom. The van der Waals surface area contributed by atoms with Gasteiger partial charge in [0.05, 0.1) is 18.4 Å². The molecule has 2 aromatic carbocycles. The molecule has 10 heteroatoms. The summed E-state index contributed by atoms with van der Waals surface area (Å²) in [6.45, 7) is 0.0587. The summed E-state index contributed by atoms with van der Waals surface area (Å²) >= 11 is 6.16. The van der Waals surface area contributed by atoms with Gasteiger partial charge in [-0.1, -0.05) is 17.7 Å². The molecule has 0 fully saturated rings. The molecule has 0 spiro atoms. The molecule has 1 atom stereocenters. The lowest BCUT2D eigenvalue weighted by Crippen LogP contribution is -2.31. The van der Waals surface area contributed by atoms with Crippen molar-refractivity contribution in [1.29, 1.82) is 0 Å². The van der Waals surface area contributed by atoms with Gasteiger partial charge in [-0.15, -0.1) is 0 Å². The number of anilines is 1. The number of aromatic nitrogens is 1. The summed E-state index contributed by atoms with van der Waals surface area (Å²) in [6.07, 6.45) is 1.54. The van der Waals surface area contributed by atoms with Crippen LogP contribution in [-0.4, -0.2) is 35.7 Å². The van der Waals surface area contributed by atoms with Gasteiger partial charge in [0, 0.05) is 34.4 Å². The van der Waals surface area contributed by atoms with Crippen molar-refractivity contribution in [3.8, 4) is 17.2 Å². The Morgan fingerprint density at radius 1 is 1.14 bits per heavy atom. The van der Waals surface area contributed by atoms with E-state index < -0.39 is 23.5 Å². The Labute approximate surface area is 209 Å². The van der Waals surface area contributed by atoms with E-state index in [9.17, 15) is 14.7 Å². The second kappa shape index (κ2) is 8.31. The van der Waals surface area contributed by atoms with Crippen LogP contribution in [0.2, 0.25) is 5.02 Å². The first kappa shape index (κ1) is 22.0. The van der Waals surface area contributed by atoms with Crippen LogP contribution >= 0.6 is 11.6 Å². The van der Waals surface area contributed by atoms with E-state index in [2.05, 4.69) is 4.98 Å². The van der Waals surface area contributed by atoms with Gasteiger partial charge in [-0.3, -0.25) is 19.5 Å². The maximum Gasteiger partial charge on any atom is 0.294 e. The number of amides is 1. The first-order chi connectivity index (χ1) is 17.5. The summed E-state index contributed by atoms with van der Waals surface area (Å²) in [5, 5.41) is 11.9. The maximum atomic E-state index is 13.8. The number of methoxy groups -OCH3 is 1. The average molecular weight is 505 g/mol. The zero-order chi connectivity index (χ0) is 25.0. The fourth-order valence-electron chi connectivity index (χ4n) is 4.44. The third kappa shape index (κ3) is 3.36. The van der Waals surface area contributed by atoms with Crippen molar-refractivity contribution in [2.24, 2.45) is 0 Å². The van der Waals surface area contributed by atoms with E-state index in [1.165, 1.54) is 18.1 Å². The lowest BCUT2D eigenvalue weighted by atomic mass is 9.98. The van der Waals surface area contributed by atoms with E-state index in [4.69, 9.17) is 30.2 Å². The Morgan fingerprint density at radius 3 is 2.75 bits per heavy atom. The molecule has 0 saturated heterocycles. The van der Waals surface area contributed by atoms with Crippen molar-refractivity contribution >= 4 is 39.9 Å². The molecule has 36 heavy (non-hydrogen) atoms. The third-order valence-corrected chi connectivity index (χ3v) is 6.26. The van der Waals surface area contributed by atoms with Crippen LogP contribution in [0.25, 0.3) is 11.0 Å². The number of aliphatic hydroxyl groups is 1. The smallest absolute Gasteiger partial charge is 0.294 e. The van der Waals surface area contributed by atoms with E-state index >= 15 is 0 Å². The second-order valence-corrected chi connectivity index (χ2v) is 8.53. The van der Waals surface area contributed by atoms with Crippen LogP contribution in [0, 0.1) is 0 Å². The minimum atomic E-state index is -1.02. The number of nitrogens with zero attached hydrogens (tertiary/aromatic N) is 2. The highest BCUT2D eigenvalue weighted by molar-refractivity contribution is 6.31. The van der Waals surface area contributed by atoms with Gasteiger partial charge in [0.1, 0.15) is 6.04 Å². The first-order valence-corrected chi connectivity index (χ1v) is 11.2. The standard InChI is InChI=1S/C26H17ClN2O7/c1-33-20-10-14(27)8-13-9-19(36-25(13)20)23(30)21-22(16-4-2-3-7-28-16)29(26(32)24(21)31)15-5-6-17-18(11-15)35-12-34-17/h2-11,22,31H,12H2,1H3. The molecule has 6 rings (SSSR count). The fraction of sp³-hybridized carbons (Fsp3) is 0.115. The molecule has 0 bridgehead atoms. The molecule has 1 unspecified atom stereocenters. The number of halogens is 1. The molecule has 2 aromatic heterocycles. The number of furan rings is 1. The van der Waals surface area contributed by atoms with Crippen molar-refractivity contribution in [2.75, 3.05) is 18.8 Å². The van der Waals surface area contributed by atoms with Crippen LogP contribution < -0.4 is 19.1 Å². The number of rotatable bonds is 5. The van der Waals surface area contributed by atoms with Crippen molar-refractivity contribution in [1.82, 2.24) is 4.98 Å². The molecular weight excluding hydrogens is 488 g/mol. The van der Waals surface area contributed by atoms with E-state index in [0.717, 1.165) is 0 Å². The van der Waals surface area contributed by atoms with Crippen LogP contribution in [0.1, 0.15) is 22.3 Å². The summed E-state index contributed by atoms with van der Waals surface area (Å²) in [5.41, 5.74) is 0.928. The lowest BCUT2D eigenvalue weighted by molar-refractivity contribution is -0.117. The highest BCUT2D eigenvalue weighted by Gasteiger charge is 2.46. The second-order valence-electron chi connectivity index (χ2n) is 8.10. The van der Waals surface area contributed by atoms with Crippen LogP contribution in [-0.2, 0) is 4.79 Å². The molecule has 4 aromatic rings. The van der Waals surface area contributed by atoms with E-state index in [1.807, 2.05) is 0 Å². The Bertz CT molecular complexity index is 1580. The summed E-state index contributed by atoms with van der Waals surface area (Å²) < 4.78 is 22.0. The largest absolute Gasteiger partial charge is 0.503 e. The van der Waals surface area contributed by atoms with Crippen molar-refractivity contribution in [3.05, 3.63) is 88.6 Å². The van der Waals surface area contributed by atoms with Gasteiger partial charge in [-0.25, -0.2) is 0 Å². The zero-order valence-electron chi connectivity index (χ0n) is 18.7. The minimum absolute atomic E-state index is 0.0587. The van der Waals surface area contributed by atoms with Crippen LogP contribution in [0.4, 0.5) is 5.69 Å². The summed E-state index contributed by atoms with van der Waals surface area (Å²) in [7, 11) is 1.46. The van der Waals surface area contributed by atoms with Gasteiger partial charge in [-0.2, -0.15) is 0 Å². The summed E-state index contributed by atoms with van der Waals surface area (Å²) in [4.78, 5) is 32.8. The molecule has 1 amide bonds. The summed E-state index contributed by atoms with van der Waals surface area (Å²) in [6, 6.07) is 13.7. The third-order valence-electron chi connectivity index (χ3n) is 6.05. The van der Waals surface area contributed by atoms with Gasteiger partial charge in [-0.05, 0) is 36.4 Å². The Kier molecular flexibility index (Phi) is 5.08. The number of carbonyl (C=O) groups excluding carboxylic acids is 2. The molecule has 2 aliphatic rings. The predicted octanol–water partition coefficient (Wildman–Crippen LogP) is 5.00. The van der Waals surface area contributed by atoms with Crippen molar-refractivity contribution < 1.29 is 33.3 Å². The predicted molar refractivity (Wildman–Crippen MR) is 129 cm³/mol. The number of hydrogen-bond donors (Lipinski definition) is 1. The summed E-state index contributed by atoms with van der Waals surface area (Å²) in [5.74, 6) is -0.893. The molecule has 0 saturated carbocycles. The van der Waals surface area contributed by atoms with E-state index in [0.29, 0.717) is 44.6 Å². The van der Waals surface area contributed by atoms with Crippen molar-refractivity contribution in [2.45, 2.75) is 6.04 Å². The molecular formula is C26H17ClN2O7. The highest BCUT2D eigenvalue weighted by atomic mass is 35.5. The molecule has 180 valence electrons. The number of ketones is 1. The van der Waals surface area contributed by atoms with E-state index in [1.54, 1.807) is 54.7 Å².